The predicted octanol–water partition coefficient (Wildman–Crippen LogP) is 2.90. The van der Waals surface area contributed by atoms with Gasteiger partial charge in [0.05, 0.1) is 18.8 Å². The minimum atomic E-state index is -0.608. The summed E-state index contributed by atoms with van der Waals surface area (Å²) in [5, 5.41) is 7.31. The lowest BCUT2D eigenvalue weighted by Crippen LogP contribution is -2.48. The van der Waals surface area contributed by atoms with Crippen LogP contribution in [0.2, 0.25) is 5.02 Å². The van der Waals surface area contributed by atoms with Crippen LogP contribution in [0, 0.1) is 0 Å². The molecule has 1 aliphatic heterocycles. The molecule has 0 unspecified atom stereocenters. The molecule has 1 amide bonds. The SMILES string of the molecule is CNC(=O)[C@H]1CN(Cc2nc(-c3ccc(Cl)cc3)no2)c2ccccc2O1. The Balaban J connectivity index is 1.58. The van der Waals surface area contributed by atoms with Crippen molar-refractivity contribution in [3.63, 3.8) is 0 Å². The van der Waals surface area contributed by atoms with Crippen molar-refractivity contribution in [1.29, 1.82) is 0 Å². The maximum Gasteiger partial charge on any atom is 0.262 e. The van der Waals surface area contributed by atoms with Crippen molar-refractivity contribution in [3.8, 4) is 17.1 Å². The zero-order valence-corrected chi connectivity index (χ0v) is 15.3. The Morgan fingerprint density at radius 3 is 2.81 bits per heavy atom. The van der Waals surface area contributed by atoms with Gasteiger partial charge in [-0.3, -0.25) is 4.79 Å². The number of nitrogens with one attached hydrogen (secondary N) is 1. The smallest absolute Gasteiger partial charge is 0.262 e. The molecular weight excluding hydrogens is 368 g/mol. The molecule has 27 heavy (non-hydrogen) atoms. The number of aromatic nitrogens is 2. The molecule has 0 saturated carbocycles. The maximum absolute atomic E-state index is 12.1. The summed E-state index contributed by atoms with van der Waals surface area (Å²) in [7, 11) is 1.59. The number of rotatable bonds is 4. The number of hydrogen-bond acceptors (Lipinski definition) is 6. The first-order valence-electron chi connectivity index (χ1n) is 8.45. The van der Waals surface area contributed by atoms with E-state index in [2.05, 4.69) is 15.5 Å². The van der Waals surface area contributed by atoms with Crippen LogP contribution < -0.4 is 15.0 Å². The third kappa shape index (κ3) is 3.59. The van der Waals surface area contributed by atoms with Gasteiger partial charge in [0, 0.05) is 17.6 Å². The molecular formula is C19H17ClN4O3. The molecule has 0 fully saturated rings. The second-order valence-electron chi connectivity index (χ2n) is 6.09. The summed E-state index contributed by atoms with van der Waals surface area (Å²) in [6, 6.07) is 14.8. The Labute approximate surface area is 160 Å². The van der Waals surface area contributed by atoms with Crippen molar-refractivity contribution in [2.75, 3.05) is 18.5 Å². The lowest BCUT2D eigenvalue weighted by atomic mass is 10.1. The highest BCUT2D eigenvalue weighted by Gasteiger charge is 2.31. The van der Waals surface area contributed by atoms with Crippen LogP contribution >= 0.6 is 11.6 Å². The molecule has 0 spiro atoms. The standard InChI is InChI=1S/C19H17ClN4O3/c1-21-19(25)16-10-24(14-4-2-3-5-15(14)26-16)11-17-22-18(23-27-17)12-6-8-13(20)9-7-12/h2-9,16H,10-11H2,1H3,(H,21,25)/t16-/m1/s1. The second-order valence-corrected chi connectivity index (χ2v) is 6.52. The van der Waals surface area contributed by atoms with Gasteiger partial charge in [-0.2, -0.15) is 4.98 Å². The summed E-state index contributed by atoms with van der Waals surface area (Å²) >= 11 is 5.92. The molecule has 4 rings (SSSR count). The lowest BCUT2D eigenvalue weighted by molar-refractivity contribution is -0.127. The molecule has 1 N–H and O–H groups in total. The van der Waals surface area contributed by atoms with Crippen LogP contribution in [-0.2, 0) is 11.3 Å². The maximum atomic E-state index is 12.1. The average molecular weight is 385 g/mol. The van der Waals surface area contributed by atoms with Gasteiger partial charge in [0.15, 0.2) is 6.10 Å². The number of ether oxygens (including phenoxy) is 1. The summed E-state index contributed by atoms with van der Waals surface area (Å²) in [6.07, 6.45) is -0.608. The van der Waals surface area contributed by atoms with E-state index in [9.17, 15) is 4.79 Å². The van der Waals surface area contributed by atoms with Gasteiger partial charge in [-0.1, -0.05) is 28.9 Å². The van der Waals surface area contributed by atoms with Crippen molar-refractivity contribution in [1.82, 2.24) is 15.5 Å². The molecule has 138 valence electrons. The first kappa shape index (κ1) is 17.4. The minimum Gasteiger partial charge on any atom is -0.477 e. The Hall–Kier alpha value is -3.06. The highest BCUT2D eigenvalue weighted by molar-refractivity contribution is 6.30. The van der Waals surface area contributed by atoms with E-state index in [1.807, 2.05) is 41.3 Å². The Kier molecular flexibility index (Phi) is 4.68. The third-order valence-corrected chi connectivity index (χ3v) is 4.55. The lowest BCUT2D eigenvalue weighted by Gasteiger charge is -2.34. The number of hydrogen-bond donors (Lipinski definition) is 1. The fourth-order valence-electron chi connectivity index (χ4n) is 2.95. The fourth-order valence-corrected chi connectivity index (χ4v) is 3.08. The van der Waals surface area contributed by atoms with Crippen molar-refractivity contribution in [2.24, 2.45) is 0 Å². The number of fused-ring (bicyclic) bond motifs is 1. The Bertz CT molecular complexity index is 958. The number of carbonyl (C=O) groups is 1. The Morgan fingerprint density at radius 2 is 2.04 bits per heavy atom. The molecule has 7 nitrogen and oxygen atoms in total. The molecule has 2 heterocycles. The summed E-state index contributed by atoms with van der Waals surface area (Å²) in [5.41, 5.74) is 1.70. The van der Waals surface area contributed by atoms with Crippen LogP contribution in [0.25, 0.3) is 11.4 Å². The number of likely N-dealkylation sites (N-methyl/N-ethyl adjacent to an activating group) is 1. The molecule has 0 aliphatic carbocycles. The van der Waals surface area contributed by atoms with Gasteiger partial charge >= 0.3 is 0 Å². The summed E-state index contributed by atoms with van der Waals surface area (Å²) in [6.45, 7) is 0.754. The number of para-hydroxylation sites is 2. The van der Waals surface area contributed by atoms with Gasteiger partial charge in [0.2, 0.25) is 11.7 Å². The largest absolute Gasteiger partial charge is 0.477 e. The van der Waals surface area contributed by atoms with Gasteiger partial charge in [0.1, 0.15) is 5.75 Å². The van der Waals surface area contributed by atoms with E-state index in [1.165, 1.54) is 0 Å². The number of carbonyl (C=O) groups excluding carboxylic acids is 1. The highest BCUT2D eigenvalue weighted by Crippen LogP contribution is 2.34. The topological polar surface area (TPSA) is 80.5 Å². The van der Waals surface area contributed by atoms with E-state index in [0.29, 0.717) is 35.6 Å². The zero-order valence-electron chi connectivity index (χ0n) is 14.6. The van der Waals surface area contributed by atoms with Crippen molar-refractivity contribution < 1.29 is 14.1 Å². The third-order valence-electron chi connectivity index (χ3n) is 4.30. The molecule has 0 radical (unpaired) electrons. The second kappa shape index (κ2) is 7.28. The zero-order chi connectivity index (χ0) is 18.8. The molecule has 1 aromatic heterocycles. The number of halogens is 1. The van der Waals surface area contributed by atoms with Gasteiger partial charge in [-0.25, -0.2) is 0 Å². The van der Waals surface area contributed by atoms with Crippen LogP contribution in [-0.4, -0.2) is 35.7 Å². The van der Waals surface area contributed by atoms with Crippen LogP contribution in [0.15, 0.2) is 53.1 Å². The highest BCUT2D eigenvalue weighted by atomic mass is 35.5. The molecule has 8 heteroatoms. The first-order valence-corrected chi connectivity index (χ1v) is 8.82. The van der Waals surface area contributed by atoms with Crippen molar-refractivity contribution in [3.05, 3.63) is 59.4 Å². The van der Waals surface area contributed by atoms with E-state index < -0.39 is 6.10 Å². The molecule has 0 saturated heterocycles. The van der Waals surface area contributed by atoms with Gasteiger partial charge in [-0.05, 0) is 36.4 Å². The van der Waals surface area contributed by atoms with Crippen LogP contribution in [0.5, 0.6) is 5.75 Å². The van der Waals surface area contributed by atoms with E-state index in [4.69, 9.17) is 20.9 Å². The van der Waals surface area contributed by atoms with Crippen molar-refractivity contribution >= 4 is 23.2 Å². The predicted molar refractivity (Wildman–Crippen MR) is 101 cm³/mol. The minimum absolute atomic E-state index is 0.179. The summed E-state index contributed by atoms with van der Waals surface area (Å²) in [5.74, 6) is 1.41. The number of anilines is 1. The van der Waals surface area contributed by atoms with E-state index in [1.54, 1.807) is 19.2 Å². The van der Waals surface area contributed by atoms with Gasteiger partial charge in [0.25, 0.3) is 5.91 Å². The van der Waals surface area contributed by atoms with E-state index in [0.717, 1.165) is 11.3 Å². The van der Waals surface area contributed by atoms with Gasteiger partial charge < -0.3 is 19.5 Å². The molecule has 3 aromatic rings. The fraction of sp³-hybridized carbons (Fsp3) is 0.211. The van der Waals surface area contributed by atoms with Crippen LogP contribution in [0.4, 0.5) is 5.69 Å². The average Bonchev–Trinajstić information content (AvgIpc) is 3.16. The van der Waals surface area contributed by atoms with Crippen LogP contribution in [0.3, 0.4) is 0 Å². The Morgan fingerprint density at radius 1 is 1.26 bits per heavy atom. The molecule has 1 aliphatic rings. The normalized spacial score (nSPS) is 15.8. The van der Waals surface area contributed by atoms with Gasteiger partial charge in [-0.15, -0.1) is 0 Å². The van der Waals surface area contributed by atoms with E-state index in [-0.39, 0.29) is 5.91 Å². The summed E-state index contributed by atoms with van der Waals surface area (Å²) < 4.78 is 11.2. The quantitative estimate of drug-likeness (QED) is 0.745. The molecule has 1 atom stereocenters. The molecule has 2 aromatic carbocycles. The molecule has 0 bridgehead atoms. The monoisotopic (exact) mass is 384 g/mol. The summed E-state index contributed by atoms with van der Waals surface area (Å²) in [4.78, 5) is 18.5. The van der Waals surface area contributed by atoms with Crippen LogP contribution in [0.1, 0.15) is 5.89 Å². The first-order chi connectivity index (χ1) is 13.1. The number of amides is 1. The number of benzene rings is 2. The van der Waals surface area contributed by atoms with E-state index >= 15 is 0 Å². The van der Waals surface area contributed by atoms with Crippen molar-refractivity contribution in [2.45, 2.75) is 12.6 Å². The number of nitrogens with zero attached hydrogens (tertiary/aromatic N) is 3.